The first-order chi connectivity index (χ1) is 8.69. The van der Waals surface area contributed by atoms with Gasteiger partial charge in [0.05, 0.1) is 4.92 Å². The Hall–Kier alpha value is -1.68. The lowest BCUT2D eigenvalue weighted by atomic mass is 10.1. The summed E-state index contributed by atoms with van der Waals surface area (Å²) in [4.78, 5) is 10.6. The second-order valence-corrected chi connectivity index (χ2v) is 5.90. The van der Waals surface area contributed by atoms with Crippen LogP contribution in [-0.2, 0) is 0 Å². The molecule has 0 aliphatic carbocycles. The molecule has 0 aromatic heterocycles. The average molecular weight is 262 g/mol. The summed E-state index contributed by atoms with van der Waals surface area (Å²) in [5, 5.41) is 14.3. The van der Waals surface area contributed by atoms with Crippen molar-refractivity contribution in [2.75, 3.05) is 6.54 Å². The van der Waals surface area contributed by atoms with Gasteiger partial charge in [-0.1, -0.05) is 23.8 Å². The van der Waals surface area contributed by atoms with E-state index in [1.54, 1.807) is 19.1 Å². The van der Waals surface area contributed by atoms with Crippen LogP contribution in [0, 0.1) is 17.0 Å². The monoisotopic (exact) mass is 262 g/mol. The standard InChI is InChI=1S/C15H22N2O2/c1-11(10-16-15(3,4)5)8-13-7-6-12(2)14(9-13)17(18)19/h6-9,16H,10H2,1-5H3. The summed E-state index contributed by atoms with van der Waals surface area (Å²) >= 11 is 0. The van der Waals surface area contributed by atoms with Crippen molar-refractivity contribution < 1.29 is 4.92 Å². The van der Waals surface area contributed by atoms with Crippen molar-refractivity contribution in [3.05, 3.63) is 45.0 Å². The molecule has 0 spiro atoms. The molecule has 0 aliphatic heterocycles. The number of nitro benzene ring substituents is 1. The van der Waals surface area contributed by atoms with Crippen LogP contribution in [0.3, 0.4) is 0 Å². The largest absolute Gasteiger partial charge is 0.308 e. The maximum Gasteiger partial charge on any atom is 0.272 e. The Bertz CT molecular complexity index is 499. The topological polar surface area (TPSA) is 55.2 Å². The number of hydrogen-bond acceptors (Lipinski definition) is 3. The van der Waals surface area contributed by atoms with E-state index in [0.717, 1.165) is 17.7 Å². The average Bonchev–Trinajstić information content (AvgIpc) is 2.28. The van der Waals surface area contributed by atoms with Crippen molar-refractivity contribution in [2.24, 2.45) is 0 Å². The third-order valence-electron chi connectivity index (χ3n) is 2.74. The van der Waals surface area contributed by atoms with Gasteiger partial charge < -0.3 is 5.32 Å². The molecule has 19 heavy (non-hydrogen) atoms. The van der Waals surface area contributed by atoms with Crippen LogP contribution in [0.4, 0.5) is 5.69 Å². The van der Waals surface area contributed by atoms with Gasteiger partial charge in [-0.05, 0) is 40.2 Å². The van der Waals surface area contributed by atoms with Gasteiger partial charge in [-0.2, -0.15) is 0 Å². The minimum atomic E-state index is -0.338. The lowest BCUT2D eigenvalue weighted by Gasteiger charge is -2.20. The van der Waals surface area contributed by atoms with Crippen LogP contribution in [0.15, 0.2) is 23.8 Å². The van der Waals surface area contributed by atoms with Gasteiger partial charge in [0, 0.05) is 23.7 Å². The van der Waals surface area contributed by atoms with Crippen molar-refractivity contribution in [1.82, 2.24) is 5.32 Å². The lowest BCUT2D eigenvalue weighted by Crippen LogP contribution is -2.36. The van der Waals surface area contributed by atoms with Crippen molar-refractivity contribution in [1.29, 1.82) is 0 Å². The molecule has 0 radical (unpaired) electrons. The molecule has 0 aliphatic rings. The third-order valence-corrected chi connectivity index (χ3v) is 2.74. The molecule has 1 aromatic carbocycles. The van der Waals surface area contributed by atoms with Crippen LogP contribution >= 0.6 is 0 Å². The van der Waals surface area contributed by atoms with Gasteiger partial charge in [0.1, 0.15) is 0 Å². The molecule has 0 saturated heterocycles. The summed E-state index contributed by atoms with van der Waals surface area (Å²) in [5.41, 5.74) is 2.94. The first-order valence-electron chi connectivity index (χ1n) is 6.36. The van der Waals surface area contributed by atoms with Crippen LogP contribution in [0.5, 0.6) is 0 Å². The fourth-order valence-corrected chi connectivity index (χ4v) is 1.65. The molecule has 4 heteroatoms. The summed E-state index contributed by atoms with van der Waals surface area (Å²) in [6, 6.07) is 5.31. The predicted molar refractivity (Wildman–Crippen MR) is 79.2 cm³/mol. The molecule has 0 atom stereocenters. The molecule has 0 amide bonds. The van der Waals surface area contributed by atoms with Crippen molar-refractivity contribution in [3.63, 3.8) is 0 Å². The maximum absolute atomic E-state index is 10.9. The molecule has 1 rings (SSSR count). The van der Waals surface area contributed by atoms with Crippen LogP contribution in [0.2, 0.25) is 0 Å². The zero-order valence-corrected chi connectivity index (χ0v) is 12.3. The number of nitro groups is 1. The molecule has 0 heterocycles. The second kappa shape index (κ2) is 5.97. The van der Waals surface area contributed by atoms with E-state index >= 15 is 0 Å². The zero-order valence-electron chi connectivity index (χ0n) is 12.3. The normalized spacial score (nSPS) is 12.6. The molecule has 1 aromatic rings. The zero-order chi connectivity index (χ0) is 14.6. The van der Waals surface area contributed by atoms with Gasteiger partial charge in [0.2, 0.25) is 0 Å². The van der Waals surface area contributed by atoms with Crippen molar-refractivity contribution >= 4 is 11.8 Å². The number of nitrogens with zero attached hydrogens (tertiary/aromatic N) is 1. The van der Waals surface area contributed by atoms with E-state index in [2.05, 4.69) is 26.1 Å². The molecule has 0 bridgehead atoms. The highest BCUT2D eigenvalue weighted by Crippen LogP contribution is 2.20. The Balaban J connectivity index is 2.86. The maximum atomic E-state index is 10.9. The molecule has 1 N–H and O–H groups in total. The number of rotatable bonds is 4. The number of nitrogens with one attached hydrogen (secondary N) is 1. The number of aryl methyl sites for hydroxylation is 1. The first-order valence-corrected chi connectivity index (χ1v) is 6.36. The number of hydrogen-bond donors (Lipinski definition) is 1. The van der Waals surface area contributed by atoms with E-state index in [0.29, 0.717) is 5.56 Å². The Kier molecular flexibility index (Phi) is 4.84. The van der Waals surface area contributed by atoms with E-state index in [-0.39, 0.29) is 16.1 Å². The minimum absolute atomic E-state index is 0.0639. The van der Waals surface area contributed by atoms with E-state index in [1.807, 2.05) is 19.1 Å². The minimum Gasteiger partial charge on any atom is -0.308 e. The van der Waals surface area contributed by atoms with E-state index in [4.69, 9.17) is 0 Å². The highest BCUT2D eigenvalue weighted by molar-refractivity contribution is 5.58. The molecule has 0 fully saturated rings. The number of benzene rings is 1. The van der Waals surface area contributed by atoms with Gasteiger partial charge in [-0.15, -0.1) is 0 Å². The van der Waals surface area contributed by atoms with Crippen LogP contribution < -0.4 is 5.32 Å². The van der Waals surface area contributed by atoms with Crippen LogP contribution in [0.1, 0.15) is 38.8 Å². The summed E-state index contributed by atoms with van der Waals surface area (Å²) in [6.07, 6.45) is 1.98. The molecular formula is C15H22N2O2. The third kappa shape index (κ3) is 5.22. The quantitative estimate of drug-likeness (QED) is 0.665. The molecule has 104 valence electrons. The Morgan fingerprint density at radius 2 is 2.05 bits per heavy atom. The van der Waals surface area contributed by atoms with Crippen LogP contribution in [0.25, 0.3) is 6.08 Å². The van der Waals surface area contributed by atoms with Gasteiger partial charge in [0.15, 0.2) is 0 Å². The van der Waals surface area contributed by atoms with E-state index < -0.39 is 0 Å². The SMILES string of the molecule is CC(=Cc1ccc(C)c([N+](=O)[O-])c1)CNC(C)(C)C. The summed E-state index contributed by atoms with van der Waals surface area (Å²) in [6.45, 7) is 10.9. The predicted octanol–water partition coefficient (Wildman–Crippen LogP) is 3.69. The molecule has 0 unspecified atom stereocenters. The van der Waals surface area contributed by atoms with Crippen molar-refractivity contribution in [2.45, 2.75) is 40.2 Å². The highest BCUT2D eigenvalue weighted by atomic mass is 16.6. The van der Waals surface area contributed by atoms with Gasteiger partial charge in [-0.25, -0.2) is 0 Å². The van der Waals surface area contributed by atoms with E-state index in [1.165, 1.54) is 0 Å². The fourth-order valence-electron chi connectivity index (χ4n) is 1.65. The van der Waals surface area contributed by atoms with Crippen molar-refractivity contribution in [3.8, 4) is 0 Å². The Morgan fingerprint density at radius 1 is 1.42 bits per heavy atom. The van der Waals surface area contributed by atoms with Crippen LogP contribution in [-0.4, -0.2) is 17.0 Å². The van der Waals surface area contributed by atoms with Gasteiger partial charge in [-0.3, -0.25) is 10.1 Å². The van der Waals surface area contributed by atoms with Gasteiger partial charge >= 0.3 is 0 Å². The van der Waals surface area contributed by atoms with E-state index in [9.17, 15) is 10.1 Å². The summed E-state index contributed by atoms with van der Waals surface area (Å²) < 4.78 is 0. The fraction of sp³-hybridized carbons (Fsp3) is 0.467. The second-order valence-electron chi connectivity index (χ2n) is 5.90. The molecule has 0 saturated carbocycles. The lowest BCUT2D eigenvalue weighted by molar-refractivity contribution is -0.385. The molecule has 4 nitrogen and oxygen atoms in total. The Labute approximate surface area is 114 Å². The summed E-state index contributed by atoms with van der Waals surface area (Å²) in [5.74, 6) is 0. The summed E-state index contributed by atoms with van der Waals surface area (Å²) in [7, 11) is 0. The Morgan fingerprint density at radius 3 is 2.58 bits per heavy atom. The first kappa shape index (κ1) is 15.4. The van der Waals surface area contributed by atoms with Gasteiger partial charge in [0.25, 0.3) is 5.69 Å². The smallest absolute Gasteiger partial charge is 0.272 e. The molecular weight excluding hydrogens is 240 g/mol. The highest BCUT2D eigenvalue weighted by Gasteiger charge is 2.11.